The van der Waals surface area contributed by atoms with Gasteiger partial charge in [-0.15, -0.1) is 0 Å². The Morgan fingerprint density at radius 1 is 1.47 bits per heavy atom. The van der Waals surface area contributed by atoms with Gasteiger partial charge in [-0.25, -0.2) is 0 Å². The van der Waals surface area contributed by atoms with E-state index in [9.17, 15) is 9.59 Å². The van der Waals surface area contributed by atoms with Crippen molar-refractivity contribution in [1.82, 2.24) is 0 Å². The SMILES string of the molecule is O=CC(=O)C[C@H]1CC(c2ccc(O)cc2)=NO1. The quantitative estimate of drug-likeness (QED) is 0.622. The van der Waals surface area contributed by atoms with Gasteiger partial charge in [0.15, 0.2) is 12.1 Å². The molecule has 0 aliphatic carbocycles. The van der Waals surface area contributed by atoms with Crippen LogP contribution < -0.4 is 0 Å². The topological polar surface area (TPSA) is 76.0 Å². The van der Waals surface area contributed by atoms with Crippen molar-refractivity contribution in [2.24, 2.45) is 5.16 Å². The van der Waals surface area contributed by atoms with Crippen LogP contribution in [0, 0.1) is 0 Å². The zero-order chi connectivity index (χ0) is 12.3. The summed E-state index contributed by atoms with van der Waals surface area (Å²) >= 11 is 0. The van der Waals surface area contributed by atoms with Gasteiger partial charge < -0.3 is 9.94 Å². The number of benzene rings is 1. The van der Waals surface area contributed by atoms with Gasteiger partial charge in [0.05, 0.1) is 12.1 Å². The van der Waals surface area contributed by atoms with Crippen LogP contribution in [-0.4, -0.2) is 29.0 Å². The number of Topliss-reactive ketones (excluding diaryl/α,β-unsaturated/α-hetero) is 1. The largest absolute Gasteiger partial charge is 0.508 e. The Balaban J connectivity index is 1.99. The maximum absolute atomic E-state index is 10.9. The Morgan fingerprint density at radius 3 is 2.82 bits per heavy atom. The summed E-state index contributed by atoms with van der Waals surface area (Å²) in [5.74, 6) is -0.307. The van der Waals surface area contributed by atoms with Crippen LogP contribution in [0.15, 0.2) is 29.4 Å². The predicted molar refractivity (Wildman–Crippen MR) is 59.8 cm³/mol. The Bertz CT molecular complexity index is 464. The molecule has 1 N–H and O–H groups in total. The lowest BCUT2D eigenvalue weighted by Gasteiger charge is -2.03. The molecule has 0 aromatic heterocycles. The Hall–Kier alpha value is -2.17. The number of ketones is 1. The van der Waals surface area contributed by atoms with E-state index < -0.39 is 5.78 Å². The van der Waals surface area contributed by atoms with Crippen molar-refractivity contribution in [3.05, 3.63) is 29.8 Å². The molecule has 1 heterocycles. The first kappa shape index (κ1) is 11.3. The summed E-state index contributed by atoms with van der Waals surface area (Å²) < 4.78 is 0. The number of nitrogens with zero attached hydrogens (tertiary/aromatic N) is 1. The minimum Gasteiger partial charge on any atom is -0.508 e. The number of rotatable bonds is 4. The summed E-state index contributed by atoms with van der Waals surface area (Å²) in [7, 11) is 0. The lowest BCUT2D eigenvalue weighted by atomic mass is 10.0. The van der Waals surface area contributed by atoms with E-state index in [0.717, 1.165) is 5.56 Å². The maximum Gasteiger partial charge on any atom is 0.198 e. The van der Waals surface area contributed by atoms with Gasteiger partial charge in [0, 0.05) is 6.42 Å². The van der Waals surface area contributed by atoms with Crippen LogP contribution in [-0.2, 0) is 14.4 Å². The molecular formula is C12H11NO4. The molecule has 1 aliphatic rings. The number of carbonyl (C=O) groups excluding carboxylic acids is 2. The highest BCUT2D eigenvalue weighted by molar-refractivity contribution is 6.25. The van der Waals surface area contributed by atoms with Crippen LogP contribution in [0.4, 0.5) is 0 Å². The van der Waals surface area contributed by atoms with Gasteiger partial charge in [0.2, 0.25) is 0 Å². The van der Waals surface area contributed by atoms with E-state index in [-0.39, 0.29) is 18.3 Å². The van der Waals surface area contributed by atoms with Crippen LogP contribution in [0.1, 0.15) is 18.4 Å². The third-order valence-electron chi connectivity index (χ3n) is 2.49. The Kier molecular flexibility index (Phi) is 3.18. The van der Waals surface area contributed by atoms with Crippen LogP contribution in [0.5, 0.6) is 5.75 Å². The molecule has 17 heavy (non-hydrogen) atoms. The molecule has 1 aromatic carbocycles. The van der Waals surface area contributed by atoms with Crippen LogP contribution in [0.2, 0.25) is 0 Å². The molecule has 0 saturated heterocycles. The summed E-state index contributed by atoms with van der Waals surface area (Å²) in [6.07, 6.45) is 0.470. The molecule has 0 spiro atoms. The molecule has 0 unspecified atom stereocenters. The van der Waals surface area contributed by atoms with Gasteiger partial charge in [0.25, 0.3) is 0 Å². The zero-order valence-corrected chi connectivity index (χ0v) is 9.00. The van der Waals surface area contributed by atoms with Crippen molar-refractivity contribution in [3.63, 3.8) is 0 Å². The minimum absolute atomic E-state index is 0.0502. The fraction of sp³-hybridized carbons (Fsp3) is 0.250. The number of aldehydes is 1. The van der Waals surface area contributed by atoms with Gasteiger partial charge in [-0.2, -0.15) is 0 Å². The number of hydrogen-bond donors (Lipinski definition) is 1. The van der Waals surface area contributed by atoms with E-state index in [1.54, 1.807) is 24.3 Å². The Labute approximate surface area is 97.7 Å². The van der Waals surface area contributed by atoms with Gasteiger partial charge >= 0.3 is 0 Å². The van der Waals surface area contributed by atoms with E-state index in [1.807, 2.05) is 0 Å². The molecule has 1 atom stereocenters. The predicted octanol–water partition coefficient (Wildman–Crippen LogP) is 1.04. The van der Waals surface area contributed by atoms with Crippen LogP contribution in [0.3, 0.4) is 0 Å². The van der Waals surface area contributed by atoms with E-state index in [1.165, 1.54) is 0 Å². The molecule has 0 bridgehead atoms. The summed E-state index contributed by atoms with van der Waals surface area (Å²) in [6, 6.07) is 6.56. The minimum atomic E-state index is -0.489. The molecule has 0 amide bonds. The lowest BCUT2D eigenvalue weighted by Crippen LogP contribution is -2.14. The summed E-state index contributed by atoms with van der Waals surface area (Å²) in [6.45, 7) is 0. The smallest absolute Gasteiger partial charge is 0.198 e. The van der Waals surface area contributed by atoms with Gasteiger partial charge in [-0.1, -0.05) is 5.16 Å². The van der Waals surface area contributed by atoms with Gasteiger partial charge in [-0.05, 0) is 29.8 Å². The third kappa shape index (κ3) is 2.69. The van der Waals surface area contributed by atoms with E-state index >= 15 is 0 Å². The van der Waals surface area contributed by atoms with Gasteiger partial charge in [0.1, 0.15) is 11.9 Å². The second kappa shape index (κ2) is 4.78. The summed E-state index contributed by atoms with van der Waals surface area (Å²) in [5, 5.41) is 13.0. The van der Waals surface area contributed by atoms with Gasteiger partial charge in [-0.3, -0.25) is 9.59 Å². The highest BCUT2D eigenvalue weighted by Gasteiger charge is 2.24. The third-order valence-corrected chi connectivity index (χ3v) is 2.49. The number of oxime groups is 1. The second-order valence-corrected chi connectivity index (χ2v) is 3.80. The highest BCUT2D eigenvalue weighted by atomic mass is 16.6. The summed E-state index contributed by atoms with van der Waals surface area (Å²) in [5.41, 5.74) is 1.55. The number of phenols is 1. The lowest BCUT2D eigenvalue weighted by molar-refractivity contribution is -0.131. The Morgan fingerprint density at radius 2 is 2.18 bits per heavy atom. The monoisotopic (exact) mass is 233 g/mol. The summed E-state index contributed by atoms with van der Waals surface area (Å²) in [4.78, 5) is 26.2. The second-order valence-electron chi connectivity index (χ2n) is 3.80. The first-order valence-corrected chi connectivity index (χ1v) is 5.19. The first-order valence-electron chi connectivity index (χ1n) is 5.19. The average Bonchev–Trinajstić information content (AvgIpc) is 2.78. The number of hydrogen-bond acceptors (Lipinski definition) is 5. The fourth-order valence-corrected chi connectivity index (χ4v) is 1.63. The molecule has 0 saturated carbocycles. The zero-order valence-electron chi connectivity index (χ0n) is 9.00. The van der Waals surface area contributed by atoms with Crippen molar-refractivity contribution in [2.75, 3.05) is 0 Å². The van der Waals surface area contributed by atoms with Crippen molar-refractivity contribution >= 4 is 17.8 Å². The fourth-order valence-electron chi connectivity index (χ4n) is 1.63. The van der Waals surface area contributed by atoms with Crippen molar-refractivity contribution in [2.45, 2.75) is 18.9 Å². The maximum atomic E-state index is 10.9. The molecular weight excluding hydrogens is 222 g/mol. The molecule has 1 aromatic rings. The molecule has 5 heteroatoms. The molecule has 2 rings (SSSR count). The van der Waals surface area contributed by atoms with E-state index in [2.05, 4.69) is 5.16 Å². The van der Waals surface area contributed by atoms with E-state index in [0.29, 0.717) is 18.4 Å². The van der Waals surface area contributed by atoms with Crippen molar-refractivity contribution in [1.29, 1.82) is 0 Å². The van der Waals surface area contributed by atoms with Crippen LogP contribution >= 0.6 is 0 Å². The standard InChI is InChI=1S/C12H11NO4/c14-7-10(16)5-11-6-12(13-17-11)8-1-3-9(15)4-2-8/h1-4,7,11,15H,5-6H2/t11-/m0/s1. The molecule has 0 radical (unpaired) electrons. The van der Waals surface area contributed by atoms with Crippen molar-refractivity contribution < 1.29 is 19.5 Å². The molecule has 1 aliphatic heterocycles. The number of carbonyl (C=O) groups is 2. The molecule has 0 fully saturated rings. The highest BCUT2D eigenvalue weighted by Crippen LogP contribution is 2.20. The molecule has 5 nitrogen and oxygen atoms in total. The van der Waals surface area contributed by atoms with E-state index in [4.69, 9.17) is 9.94 Å². The number of phenolic OH excluding ortho intramolecular Hbond substituents is 1. The normalized spacial score (nSPS) is 18.4. The first-order chi connectivity index (χ1) is 8.19. The average molecular weight is 233 g/mol. The molecule has 88 valence electrons. The number of aromatic hydroxyl groups is 1. The van der Waals surface area contributed by atoms with Crippen molar-refractivity contribution in [3.8, 4) is 5.75 Å². The van der Waals surface area contributed by atoms with Crippen LogP contribution in [0.25, 0.3) is 0 Å².